The summed E-state index contributed by atoms with van der Waals surface area (Å²) in [7, 11) is 3.19. The minimum atomic E-state index is -0.255. The fourth-order valence-corrected chi connectivity index (χ4v) is 1.72. The summed E-state index contributed by atoms with van der Waals surface area (Å²) in [5.41, 5.74) is 1.48. The van der Waals surface area contributed by atoms with Gasteiger partial charge in [-0.15, -0.1) is 0 Å². The van der Waals surface area contributed by atoms with E-state index in [9.17, 15) is 4.79 Å². The molecule has 0 aliphatic carbocycles. The Labute approximate surface area is 99.8 Å². The average molecular weight is 234 g/mol. The van der Waals surface area contributed by atoms with Crippen molar-refractivity contribution in [3.8, 4) is 11.5 Å². The van der Waals surface area contributed by atoms with Gasteiger partial charge in [-0.25, -0.2) is 4.79 Å². The third kappa shape index (κ3) is 2.41. The summed E-state index contributed by atoms with van der Waals surface area (Å²) in [5, 5.41) is 0. The van der Waals surface area contributed by atoms with Crippen molar-refractivity contribution in [3.05, 3.63) is 29.3 Å². The molecule has 17 heavy (non-hydrogen) atoms. The lowest BCUT2D eigenvalue weighted by Crippen LogP contribution is -1.95. The van der Waals surface area contributed by atoms with E-state index in [4.69, 9.17) is 14.2 Å². The first-order chi connectivity index (χ1) is 8.24. The summed E-state index contributed by atoms with van der Waals surface area (Å²) in [6.07, 6.45) is 2.43. The van der Waals surface area contributed by atoms with Crippen LogP contribution in [0.3, 0.4) is 0 Å². The van der Waals surface area contributed by atoms with Crippen molar-refractivity contribution in [1.29, 1.82) is 0 Å². The molecular weight excluding hydrogens is 220 g/mol. The molecule has 1 aromatic carbocycles. The van der Waals surface area contributed by atoms with Crippen molar-refractivity contribution in [2.45, 2.75) is 6.42 Å². The molecule has 1 aromatic rings. The van der Waals surface area contributed by atoms with Gasteiger partial charge in [0.15, 0.2) is 0 Å². The number of methoxy groups -OCH3 is 2. The SMILES string of the molecule is COc1ccc(OC)c(/C=C2/CCOC2=O)c1. The van der Waals surface area contributed by atoms with Crippen LogP contribution in [0, 0.1) is 0 Å². The Morgan fingerprint density at radius 3 is 2.71 bits per heavy atom. The topological polar surface area (TPSA) is 44.8 Å². The minimum Gasteiger partial charge on any atom is -0.497 e. The van der Waals surface area contributed by atoms with Gasteiger partial charge >= 0.3 is 5.97 Å². The van der Waals surface area contributed by atoms with Crippen molar-refractivity contribution in [2.24, 2.45) is 0 Å². The summed E-state index contributed by atoms with van der Waals surface area (Å²) in [6.45, 7) is 0.455. The van der Waals surface area contributed by atoms with E-state index < -0.39 is 0 Å². The van der Waals surface area contributed by atoms with Crippen LogP contribution < -0.4 is 9.47 Å². The second kappa shape index (κ2) is 4.91. The van der Waals surface area contributed by atoms with E-state index in [1.165, 1.54) is 0 Å². The molecule has 0 saturated carbocycles. The van der Waals surface area contributed by atoms with E-state index in [-0.39, 0.29) is 5.97 Å². The molecule has 1 heterocycles. The minimum absolute atomic E-state index is 0.255. The molecule has 0 bridgehead atoms. The third-order valence-corrected chi connectivity index (χ3v) is 2.63. The summed E-state index contributed by atoms with van der Waals surface area (Å²) in [4.78, 5) is 11.4. The number of hydrogen-bond donors (Lipinski definition) is 0. The fraction of sp³-hybridized carbons (Fsp3) is 0.308. The monoisotopic (exact) mass is 234 g/mol. The van der Waals surface area contributed by atoms with Gasteiger partial charge < -0.3 is 14.2 Å². The van der Waals surface area contributed by atoms with Crippen LogP contribution in [-0.4, -0.2) is 26.8 Å². The van der Waals surface area contributed by atoms with E-state index in [0.29, 0.717) is 24.4 Å². The quantitative estimate of drug-likeness (QED) is 0.593. The van der Waals surface area contributed by atoms with Gasteiger partial charge in [-0.05, 0) is 24.3 Å². The van der Waals surface area contributed by atoms with Crippen LogP contribution in [0.2, 0.25) is 0 Å². The Bertz CT molecular complexity index is 462. The zero-order valence-corrected chi connectivity index (χ0v) is 9.86. The van der Waals surface area contributed by atoms with Crippen molar-refractivity contribution >= 4 is 12.0 Å². The molecule has 0 atom stereocenters. The van der Waals surface area contributed by atoms with Gasteiger partial charge in [0.25, 0.3) is 0 Å². The lowest BCUT2D eigenvalue weighted by Gasteiger charge is -2.07. The zero-order chi connectivity index (χ0) is 12.3. The van der Waals surface area contributed by atoms with Crippen molar-refractivity contribution in [1.82, 2.24) is 0 Å². The second-order valence-corrected chi connectivity index (χ2v) is 3.66. The van der Waals surface area contributed by atoms with E-state index in [2.05, 4.69) is 0 Å². The highest BCUT2D eigenvalue weighted by molar-refractivity contribution is 5.95. The van der Waals surface area contributed by atoms with E-state index in [1.54, 1.807) is 20.3 Å². The van der Waals surface area contributed by atoms with Crippen LogP contribution in [0.25, 0.3) is 6.08 Å². The first kappa shape index (κ1) is 11.5. The maximum absolute atomic E-state index is 11.4. The summed E-state index contributed by atoms with van der Waals surface area (Å²) in [6, 6.07) is 5.46. The average Bonchev–Trinajstić information content (AvgIpc) is 2.75. The summed E-state index contributed by atoms with van der Waals surface area (Å²) >= 11 is 0. The number of hydrogen-bond acceptors (Lipinski definition) is 4. The number of rotatable bonds is 3. The third-order valence-electron chi connectivity index (χ3n) is 2.63. The highest BCUT2D eigenvalue weighted by Crippen LogP contribution is 2.28. The maximum atomic E-state index is 11.4. The number of benzene rings is 1. The molecule has 4 nitrogen and oxygen atoms in total. The number of carbonyl (C=O) groups is 1. The lowest BCUT2D eigenvalue weighted by atomic mass is 10.1. The van der Waals surface area contributed by atoms with Gasteiger partial charge in [0, 0.05) is 17.6 Å². The summed E-state index contributed by atoms with van der Waals surface area (Å²) in [5.74, 6) is 1.18. The second-order valence-electron chi connectivity index (χ2n) is 3.66. The number of carbonyl (C=O) groups excluding carboxylic acids is 1. The molecule has 1 aliphatic heterocycles. The molecule has 1 saturated heterocycles. The van der Waals surface area contributed by atoms with Gasteiger partial charge in [-0.3, -0.25) is 0 Å². The van der Waals surface area contributed by atoms with Crippen LogP contribution in [0.1, 0.15) is 12.0 Å². The first-order valence-corrected chi connectivity index (χ1v) is 5.34. The zero-order valence-electron chi connectivity index (χ0n) is 9.86. The highest BCUT2D eigenvalue weighted by Gasteiger charge is 2.19. The van der Waals surface area contributed by atoms with E-state index in [1.807, 2.05) is 18.2 Å². The normalized spacial score (nSPS) is 17.1. The van der Waals surface area contributed by atoms with Gasteiger partial charge in [-0.2, -0.15) is 0 Å². The number of ether oxygens (including phenoxy) is 3. The largest absolute Gasteiger partial charge is 0.497 e. The standard InChI is InChI=1S/C13H14O4/c1-15-11-3-4-12(16-2)10(8-11)7-9-5-6-17-13(9)14/h3-4,7-8H,5-6H2,1-2H3/b9-7-. The molecule has 90 valence electrons. The predicted octanol–water partition coefficient (Wildman–Crippen LogP) is 2.03. The lowest BCUT2D eigenvalue weighted by molar-refractivity contribution is -0.134. The molecule has 4 heteroatoms. The Hall–Kier alpha value is -1.97. The highest BCUT2D eigenvalue weighted by atomic mass is 16.5. The van der Waals surface area contributed by atoms with Gasteiger partial charge in [0.05, 0.1) is 20.8 Å². The van der Waals surface area contributed by atoms with Crippen LogP contribution in [-0.2, 0) is 9.53 Å². The Morgan fingerprint density at radius 1 is 1.29 bits per heavy atom. The van der Waals surface area contributed by atoms with Crippen LogP contribution in [0.5, 0.6) is 11.5 Å². The van der Waals surface area contributed by atoms with E-state index in [0.717, 1.165) is 11.3 Å². The van der Waals surface area contributed by atoms with Crippen molar-refractivity contribution in [3.63, 3.8) is 0 Å². The Balaban J connectivity index is 2.39. The van der Waals surface area contributed by atoms with Gasteiger partial charge in [0.2, 0.25) is 0 Å². The Kier molecular flexibility index (Phi) is 3.32. The number of esters is 1. The van der Waals surface area contributed by atoms with Crippen molar-refractivity contribution < 1.29 is 19.0 Å². The van der Waals surface area contributed by atoms with Gasteiger partial charge in [0.1, 0.15) is 11.5 Å². The molecule has 1 fully saturated rings. The molecule has 0 aromatic heterocycles. The van der Waals surface area contributed by atoms with Crippen LogP contribution >= 0.6 is 0 Å². The van der Waals surface area contributed by atoms with Crippen LogP contribution in [0.15, 0.2) is 23.8 Å². The van der Waals surface area contributed by atoms with Crippen molar-refractivity contribution in [2.75, 3.05) is 20.8 Å². The van der Waals surface area contributed by atoms with E-state index >= 15 is 0 Å². The molecule has 2 rings (SSSR count). The molecule has 0 N–H and O–H groups in total. The molecule has 0 radical (unpaired) electrons. The first-order valence-electron chi connectivity index (χ1n) is 5.34. The Morgan fingerprint density at radius 2 is 2.12 bits per heavy atom. The number of cyclic esters (lactones) is 1. The van der Waals surface area contributed by atoms with Crippen LogP contribution in [0.4, 0.5) is 0 Å². The molecule has 0 spiro atoms. The fourth-order valence-electron chi connectivity index (χ4n) is 1.72. The van der Waals surface area contributed by atoms with Gasteiger partial charge in [-0.1, -0.05) is 0 Å². The molecule has 0 amide bonds. The molecule has 0 unspecified atom stereocenters. The summed E-state index contributed by atoms with van der Waals surface area (Å²) < 4.78 is 15.3. The molecule has 1 aliphatic rings. The molecular formula is C13H14O4. The smallest absolute Gasteiger partial charge is 0.334 e. The predicted molar refractivity (Wildman–Crippen MR) is 63.1 cm³/mol. The maximum Gasteiger partial charge on any atom is 0.334 e.